The molecule has 2 aromatic rings. The van der Waals surface area contributed by atoms with Gasteiger partial charge in [0.05, 0.1) is 6.07 Å². The first-order valence-corrected chi connectivity index (χ1v) is 14.5. The highest BCUT2D eigenvalue weighted by molar-refractivity contribution is 5.90. The maximum absolute atomic E-state index is 15.2. The average Bonchev–Trinajstić information content (AvgIpc) is 2.94. The molecule has 0 bridgehead atoms. The van der Waals surface area contributed by atoms with Gasteiger partial charge in [-0.2, -0.15) is 5.26 Å². The molecule has 42 heavy (non-hydrogen) atoms. The minimum atomic E-state index is -1.28. The summed E-state index contributed by atoms with van der Waals surface area (Å²) in [4.78, 5) is 30.7. The number of carbonyl (C=O) groups excluding carboxylic acids is 2. The molecule has 0 saturated carbocycles. The molecule has 0 spiro atoms. The smallest absolute Gasteiger partial charge is 0.408 e. The highest BCUT2D eigenvalue weighted by atomic mass is 19.1. The van der Waals surface area contributed by atoms with E-state index < -0.39 is 35.0 Å². The molecular formula is C32H42FN5O4. The summed E-state index contributed by atoms with van der Waals surface area (Å²) in [5.41, 5.74) is 1.16. The number of carbonyl (C=O) groups is 2. The molecule has 2 heterocycles. The zero-order valence-electron chi connectivity index (χ0n) is 25.0. The lowest BCUT2D eigenvalue weighted by molar-refractivity contribution is -0.132. The Morgan fingerprint density at radius 3 is 2.31 bits per heavy atom. The predicted octanol–water partition coefficient (Wildman–Crippen LogP) is 3.86. The standard InChI is InChI=1S/C32H42FN5O4/c1-31(2,3)42-30(40)36-32(11-17-41-18-12-32)29(39)35-27(21-34)19-26-10-9-25(20-28(26)33)24-7-5-23(6-8-24)22-38-15-13-37(4)14-16-38/h5-10,20,27H,11-19,22H2,1-4H3,(H,35,39)(H,36,40)/t27-/m0/s1. The van der Waals surface area contributed by atoms with Crippen LogP contribution in [0.2, 0.25) is 0 Å². The number of amides is 2. The van der Waals surface area contributed by atoms with Crippen molar-refractivity contribution in [2.45, 2.75) is 63.8 Å². The fraction of sp³-hybridized carbons (Fsp3) is 0.531. The van der Waals surface area contributed by atoms with Gasteiger partial charge in [0, 0.05) is 65.2 Å². The number of rotatable bonds is 8. The first-order valence-electron chi connectivity index (χ1n) is 14.5. The third kappa shape index (κ3) is 8.51. The normalized spacial score (nSPS) is 18.5. The summed E-state index contributed by atoms with van der Waals surface area (Å²) in [5, 5.41) is 15.2. The number of piperazine rings is 1. The second-order valence-corrected chi connectivity index (χ2v) is 12.3. The molecule has 0 aromatic heterocycles. The van der Waals surface area contributed by atoms with Crippen molar-refractivity contribution in [2.75, 3.05) is 46.4 Å². The number of nitriles is 1. The van der Waals surface area contributed by atoms with Gasteiger partial charge in [-0.05, 0) is 56.1 Å². The third-order valence-electron chi connectivity index (χ3n) is 7.75. The fourth-order valence-corrected chi connectivity index (χ4v) is 5.23. The van der Waals surface area contributed by atoms with Crippen LogP contribution in [-0.2, 0) is 27.2 Å². The summed E-state index contributed by atoms with van der Waals surface area (Å²) >= 11 is 0. The van der Waals surface area contributed by atoms with Crippen LogP contribution in [0.15, 0.2) is 42.5 Å². The molecule has 2 amide bonds. The number of nitrogens with one attached hydrogen (secondary N) is 2. The van der Waals surface area contributed by atoms with Crippen LogP contribution in [0.4, 0.5) is 9.18 Å². The number of ether oxygens (including phenoxy) is 2. The molecule has 2 N–H and O–H groups in total. The van der Waals surface area contributed by atoms with E-state index in [1.165, 1.54) is 11.6 Å². The maximum Gasteiger partial charge on any atom is 0.408 e. The molecule has 0 radical (unpaired) electrons. The predicted molar refractivity (Wildman–Crippen MR) is 158 cm³/mol. The van der Waals surface area contributed by atoms with E-state index >= 15 is 4.39 Å². The first-order chi connectivity index (χ1) is 20.0. The van der Waals surface area contributed by atoms with Crippen LogP contribution in [0.1, 0.15) is 44.7 Å². The molecular weight excluding hydrogens is 537 g/mol. The van der Waals surface area contributed by atoms with Crippen molar-refractivity contribution in [3.05, 3.63) is 59.4 Å². The van der Waals surface area contributed by atoms with Crippen molar-refractivity contribution < 1.29 is 23.5 Å². The van der Waals surface area contributed by atoms with Crippen LogP contribution in [0.3, 0.4) is 0 Å². The fourth-order valence-electron chi connectivity index (χ4n) is 5.23. The van der Waals surface area contributed by atoms with Gasteiger partial charge in [0.2, 0.25) is 5.91 Å². The summed E-state index contributed by atoms with van der Waals surface area (Å²) < 4.78 is 26.0. The van der Waals surface area contributed by atoms with Gasteiger partial charge in [0.1, 0.15) is 23.0 Å². The van der Waals surface area contributed by atoms with Crippen LogP contribution in [-0.4, -0.2) is 85.4 Å². The Labute approximate surface area is 248 Å². The van der Waals surface area contributed by atoms with Gasteiger partial charge in [0.25, 0.3) is 0 Å². The van der Waals surface area contributed by atoms with Crippen molar-refractivity contribution >= 4 is 12.0 Å². The highest BCUT2D eigenvalue weighted by Crippen LogP contribution is 2.25. The zero-order valence-corrected chi connectivity index (χ0v) is 25.0. The van der Waals surface area contributed by atoms with Crippen molar-refractivity contribution in [1.29, 1.82) is 5.26 Å². The third-order valence-corrected chi connectivity index (χ3v) is 7.75. The Hall–Kier alpha value is -3.52. The Bertz CT molecular complexity index is 1270. The van der Waals surface area contributed by atoms with E-state index in [1.54, 1.807) is 26.8 Å². The average molecular weight is 580 g/mol. The Morgan fingerprint density at radius 2 is 1.71 bits per heavy atom. The number of benzene rings is 2. The lowest BCUT2D eigenvalue weighted by Gasteiger charge is -2.37. The van der Waals surface area contributed by atoms with Gasteiger partial charge >= 0.3 is 6.09 Å². The summed E-state index contributed by atoms with van der Waals surface area (Å²) in [6, 6.07) is 14.2. The quantitative estimate of drug-likeness (QED) is 0.489. The molecule has 2 fully saturated rings. The number of nitrogens with zero attached hydrogens (tertiary/aromatic N) is 3. The summed E-state index contributed by atoms with van der Waals surface area (Å²) in [6.45, 7) is 10.9. The molecule has 1 atom stereocenters. The van der Waals surface area contributed by atoms with Gasteiger partial charge in [-0.1, -0.05) is 36.4 Å². The number of halogens is 1. The van der Waals surface area contributed by atoms with Crippen LogP contribution in [0, 0.1) is 17.1 Å². The van der Waals surface area contributed by atoms with E-state index in [9.17, 15) is 14.9 Å². The van der Waals surface area contributed by atoms with Gasteiger partial charge in [-0.15, -0.1) is 0 Å². The summed E-state index contributed by atoms with van der Waals surface area (Å²) in [6.07, 6.45) is -0.278. The largest absolute Gasteiger partial charge is 0.444 e. The van der Waals surface area contributed by atoms with E-state index in [0.717, 1.165) is 43.9 Å². The summed E-state index contributed by atoms with van der Waals surface area (Å²) in [7, 11) is 2.14. The molecule has 2 saturated heterocycles. The number of likely N-dealkylation sites (N-methyl/N-ethyl adjacent to an activating group) is 1. The summed E-state index contributed by atoms with van der Waals surface area (Å²) in [5.74, 6) is -0.965. The molecule has 2 aliphatic rings. The molecule has 4 rings (SSSR count). The van der Waals surface area contributed by atoms with Crippen LogP contribution >= 0.6 is 0 Å². The Morgan fingerprint density at radius 1 is 1.07 bits per heavy atom. The van der Waals surface area contributed by atoms with E-state index in [-0.39, 0.29) is 32.5 Å². The van der Waals surface area contributed by atoms with Crippen LogP contribution in [0.5, 0.6) is 0 Å². The van der Waals surface area contributed by atoms with Gasteiger partial charge in [-0.25, -0.2) is 9.18 Å². The van der Waals surface area contributed by atoms with Gasteiger partial charge in [-0.3, -0.25) is 9.69 Å². The molecule has 0 aliphatic carbocycles. The van der Waals surface area contributed by atoms with Crippen LogP contribution < -0.4 is 10.6 Å². The van der Waals surface area contributed by atoms with E-state index in [1.807, 2.05) is 18.2 Å². The molecule has 226 valence electrons. The second-order valence-electron chi connectivity index (χ2n) is 12.3. The molecule has 0 unspecified atom stereocenters. The van der Waals surface area contributed by atoms with Crippen molar-refractivity contribution in [1.82, 2.24) is 20.4 Å². The van der Waals surface area contributed by atoms with Gasteiger partial charge in [0.15, 0.2) is 0 Å². The topological polar surface area (TPSA) is 107 Å². The Balaban J connectivity index is 1.39. The molecule has 9 nitrogen and oxygen atoms in total. The van der Waals surface area contributed by atoms with E-state index in [0.29, 0.717) is 5.56 Å². The van der Waals surface area contributed by atoms with E-state index in [2.05, 4.69) is 45.7 Å². The van der Waals surface area contributed by atoms with Crippen molar-refractivity contribution in [2.24, 2.45) is 0 Å². The second kappa shape index (κ2) is 13.6. The minimum Gasteiger partial charge on any atom is -0.444 e. The highest BCUT2D eigenvalue weighted by Gasteiger charge is 2.43. The molecule has 2 aromatic carbocycles. The molecule has 2 aliphatic heterocycles. The minimum absolute atomic E-state index is 0.0165. The number of hydrogen-bond donors (Lipinski definition) is 2. The van der Waals surface area contributed by atoms with Gasteiger partial charge < -0.3 is 25.0 Å². The lowest BCUT2D eigenvalue weighted by atomic mass is 9.88. The number of alkyl carbamates (subject to hydrolysis) is 1. The maximum atomic E-state index is 15.2. The lowest BCUT2D eigenvalue weighted by Crippen LogP contribution is -2.63. The zero-order chi connectivity index (χ0) is 30.3. The van der Waals surface area contributed by atoms with Crippen LogP contribution in [0.25, 0.3) is 11.1 Å². The monoisotopic (exact) mass is 579 g/mol. The molecule has 10 heteroatoms. The van der Waals surface area contributed by atoms with Crippen molar-refractivity contribution in [3.8, 4) is 17.2 Å². The Kier molecular flexibility index (Phi) is 10.2. The number of hydrogen-bond acceptors (Lipinski definition) is 7. The van der Waals surface area contributed by atoms with E-state index in [4.69, 9.17) is 9.47 Å². The van der Waals surface area contributed by atoms with Crippen molar-refractivity contribution in [3.63, 3.8) is 0 Å². The SMILES string of the molecule is CN1CCN(Cc2ccc(-c3ccc(C[C@@H](C#N)NC(=O)C4(NC(=O)OC(C)(C)C)CCOCC4)c(F)c3)cc2)CC1. The first kappa shape index (κ1) is 31.4.